The first-order valence-corrected chi connectivity index (χ1v) is 5.09. The van der Waals surface area contributed by atoms with Crippen LogP contribution in [0.1, 0.15) is 27.2 Å². The number of allylic oxidation sites excluding steroid dienone is 4. The fraction of sp³-hybridized carbons (Fsp3) is 0.385. The van der Waals surface area contributed by atoms with Gasteiger partial charge >= 0.3 is 0 Å². The summed E-state index contributed by atoms with van der Waals surface area (Å²) in [6, 6.07) is 0. The molecule has 1 heteroatoms. The van der Waals surface area contributed by atoms with Gasteiger partial charge in [0.2, 0.25) is 0 Å². The second-order valence-corrected chi connectivity index (χ2v) is 3.06. The standard InChI is InChI=1S/C13H21N/c1-6-10-14-11(5)13(9-4)12(7-2)8-3/h7-9,14H,2,5-6,10H2,1,3-4H3/b12-8+,13-9+. The predicted molar refractivity (Wildman–Crippen MR) is 65.1 cm³/mol. The van der Waals surface area contributed by atoms with Gasteiger partial charge in [0.1, 0.15) is 0 Å². The van der Waals surface area contributed by atoms with Crippen molar-refractivity contribution < 1.29 is 0 Å². The highest BCUT2D eigenvalue weighted by atomic mass is 14.9. The fourth-order valence-corrected chi connectivity index (χ4v) is 1.27. The molecule has 14 heavy (non-hydrogen) atoms. The van der Waals surface area contributed by atoms with Crippen molar-refractivity contribution in [2.24, 2.45) is 0 Å². The smallest absolute Gasteiger partial charge is 0.0343 e. The Morgan fingerprint density at radius 2 is 1.93 bits per heavy atom. The SMILES string of the molecule is C=CC(=C\C)/C(=C/C)C(=C)NCCC. The van der Waals surface area contributed by atoms with Gasteiger partial charge < -0.3 is 5.32 Å². The number of hydrogen-bond donors (Lipinski definition) is 1. The first kappa shape index (κ1) is 12.8. The van der Waals surface area contributed by atoms with Crippen molar-refractivity contribution in [1.29, 1.82) is 0 Å². The average molecular weight is 191 g/mol. The van der Waals surface area contributed by atoms with Gasteiger partial charge in [0.15, 0.2) is 0 Å². The molecule has 0 aliphatic carbocycles. The summed E-state index contributed by atoms with van der Waals surface area (Å²) >= 11 is 0. The van der Waals surface area contributed by atoms with Gasteiger partial charge in [0, 0.05) is 12.2 Å². The summed E-state index contributed by atoms with van der Waals surface area (Å²) < 4.78 is 0. The van der Waals surface area contributed by atoms with Crippen LogP contribution < -0.4 is 5.32 Å². The van der Waals surface area contributed by atoms with E-state index < -0.39 is 0 Å². The highest BCUT2D eigenvalue weighted by molar-refractivity contribution is 5.49. The Labute approximate surface area is 87.9 Å². The maximum absolute atomic E-state index is 4.01. The molecule has 0 aromatic rings. The minimum Gasteiger partial charge on any atom is -0.385 e. The zero-order chi connectivity index (χ0) is 11.0. The van der Waals surface area contributed by atoms with Crippen LogP contribution in [0.4, 0.5) is 0 Å². The second-order valence-electron chi connectivity index (χ2n) is 3.06. The van der Waals surface area contributed by atoms with Crippen molar-refractivity contribution >= 4 is 0 Å². The normalized spacial score (nSPS) is 12.5. The van der Waals surface area contributed by atoms with E-state index in [1.807, 2.05) is 26.0 Å². The quantitative estimate of drug-likeness (QED) is 0.633. The Bertz CT molecular complexity index is 256. The average Bonchev–Trinajstić information content (AvgIpc) is 2.22. The van der Waals surface area contributed by atoms with Gasteiger partial charge in [-0.15, -0.1) is 0 Å². The topological polar surface area (TPSA) is 12.0 Å². The van der Waals surface area contributed by atoms with Crippen LogP contribution in [0.15, 0.2) is 48.2 Å². The summed E-state index contributed by atoms with van der Waals surface area (Å²) in [5, 5.41) is 3.28. The van der Waals surface area contributed by atoms with E-state index in [2.05, 4.69) is 31.5 Å². The Morgan fingerprint density at radius 3 is 2.29 bits per heavy atom. The molecule has 0 aromatic carbocycles. The van der Waals surface area contributed by atoms with Gasteiger partial charge in [0.25, 0.3) is 0 Å². The van der Waals surface area contributed by atoms with Gasteiger partial charge in [-0.05, 0) is 31.4 Å². The van der Waals surface area contributed by atoms with Gasteiger partial charge in [-0.2, -0.15) is 0 Å². The third-order valence-electron chi connectivity index (χ3n) is 2.04. The Balaban J connectivity index is 4.58. The third kappa shape index (κ3) is 3.65. The Morgan fingerprint density at radius 1 is 1.29 bits per heavy atom. The van der Waals surface area contributed by atoms with Crippen LogP contribution in [-0.2, 0) is 0 Å². The van der Waals surface area contributed by atoms with Crippen molar-refractivity contribution in [1.82, 2.24) is 5.32 Å². The van der Waals surface area contributed by atoms with E-state index in [0.29, 0.717) is 0 Å². The maximum Gasteiger partial charge on any atom is 0.0343 e. The number of rotatable bonds is 6. The van der Waals surface area contributed by atoms with Crippen LogP contribution in [0.5, 0.6) is 0 Å². The largest absolute Gasteiger partial charge is 0.385 e. The van der Waals surface area contributed by atoms with E-state index in [1.54, 1.807) is 0 Å². The molecule has 0 atom stereocenters. The van der Waals surface area contributed by atoms with Crippen LogP contribution >= 0.6 is 0 Å². The van der Waals surface area contributed by atoms with Gasteiger partial charge in [-0.25, -0.2) is 0 Å². The first-order chi connectivity index (χ1) is 6.71. The predicted octanol–water partition coefficient (Wildman–Crippen LogP) is 3.58. The van der Waals surface area contributed by atoms with E-state index in [4.69, 9.17) is 0 Å². The summed E-state index contributed by atoms with van der Waals surface area (Å²) in [5.41, 5.74) is 3.24. The molecule has 0 saturated carbocycles. The zero-order valence-corrected chi connectivity index (χ0v) is 9.56. The van der Waals surface area contributed by atoms with Crippen LogP contribution in [0.25, 0.3) is 0 Å². The lowest BCUT2D eigenvalue weighted by atomic mass is 10.0. The van der Waals surface area contributed by atoms with Gasteiger partial charge in [-0.3, -0.25) is 0 Å². The number of hydrogen-bond acceptors (Lipinski definition) is 1. The lowest BCUT2D eigenvalue weighted by Crippen LogP contribution is -2.15. The van der Waals surface area contributed by atoms with E-state index in [-0.39, 0.29) is 0 Å². The molecule has 0 aromatic heterocycles. The van der Waals surface area contributed by atoms with Crippen LogP contribution in [0, 0.1) is 0 Å². The first-order valence-electron chi connectivity index (χ1n) is 5.09. The van der Waals surface area contributed by atoms with E-state index in [1.165, 1.54) is 0 Å². The molecule has 0 aliphatic heterocycles. The molecular formula is C13H21N. The molecule has 0 aliphatic rings. The monoisotopic (exact) mass is 191 g/mol. The lowest BCUT2D eigenvalue weighted by molar-refractivity contribution is 0.779. The molecule has 0 heterocycles. The van der Waals surface area contributed by atoms with Crippen molar-refractivity contribution in [3.63, 3.8) is 0 Å². The Hall–Kier alpha value is -1.24. The minimum atomic E-state index is 0.963. The highest BCUT2D eigenvalue weighted by Gasteiger charge is 2.03. The third-order valence-corrected chi connectivity index (χ3v) is 2.04. The molecule has 0 fully saturated rings. The maximum atomic E-state index is 4.01. The van der Waals surface area contributed by atoms with Crippen molar-refractivity contribution in [2.45, 2.75) is 27.2 Å². The van der Waals surface area contributed by atoms with Crippen LogP contribution in [-0.4, -0.2) is 6.54 Å². The van der Waals surface area contributed by atoms with Crippen molar-refractivity contribution in [2.75, 3.05) is 6.54 Å². The lowest BCUT2D eigenvalue weighted by Gasteiger charge is -2.13. The molecule has 0 rings (SSSR count). The summed E-state index contributed by atoms with van der Waals surface area (Å²) in [5.74, 6) is 0. The van der Waals surface area contributed by atoms with E-state index in [9.17, 15) is 0 Å². The molecule has 0 radical (unpaired) electrons. The molecule has 0 amide bonds. The minimum absolute atomic E-state index is 0.963. The summed E-state index contributed by atoms with van der Waals surface area (Å²) in [6.07, 6.45) is 7.06. The fourth-order valence-electron chi connectivity index (χ4n) is 1.27. The second kappa shape index (κ2) is 7.19. The summed E-state index contributed by atoms with van der Waals surface area (Å²) in [7, 11) is 0. The van der Waals surface area contributed by atoms with E-state index in [0.717, 1.165) is 29.8 Å². The molecule has 0 bridgehead atoms. The molecule has 0 saturated heterocycles. The van der Waals surface area contributed by atoms with Crippen LogP contribution in [0.3, 0.4) is 0 Å². The molecule has 0 unspecified atom stereocenters. The summed E-state index contributed by atoms with van der Waals surface area (Å²) in [4.78, 5) is 0. The molecule has 78 valence electrons. The van der Waals surface area contributed by atoms with Crippen molar-refractivity contribution in [3.8, 4) is 0 Å². The number of nitrogens with one attached hydrogen (secondary N) is 1. The van der Waals surface area contributed by atoms with E-state index >= 15 is 0 Å². The van der Waals surface area contributed by atoms with Crippen LogP contribution in [0.2, 0.25) is 0 Å². The zero-order valence-electron chi connectivity index (χ0n) is 9.56. The molecular weight excluding hydrogens is 170 g/mol. The Kier molecular flexibility index (Phi) is 6.55. The van der Waals surface area contributed by atoms with Gasteiger partial charge in [0.05, 0.1) is 0 Å². The molecule has 0 spiro atoms. The molecule has 1 nitrogen and oxygen atoms in total. The molecule has 1 N–H and O–H groups in total. The summed E-state index contributed by atoms with van der Waals surface area (Å²) in [6.45, 7) is 14.9. The van der Waals surface area contributed by atoms with Gasteiger partial charge in [-0.1, -0.05) is 38.3 Å². The van der Waals surface area contributed by atoms with Crippen molar-refractivity contribution in [3.05, 3.63) is 48.2 Å². The highest BCUT2D eigenvalue weighted by Crippen LogP contribution is 2.16.